The second-order valence-corrected chi connectivity index (χ2v) is 9.82. The number of benzene rings is 2. The molecular weight excluding hydrogens is 495 g/mol. The van der Waals surface area contributed by atoms with Crippen molar-refractivity contribution >= 4 is 29.6 Å². The monoisotopic (exact) mass is 518 g/mol. The molecule has 2 heterocycles. The molecule has 3 aromatic rings. The van der Waals surface area contributed by atoms with Crippen molar-refractivity contribution < 1.29 is 22.9 Å². The summed E-state index contributed by atoms with van der Waals surface area (Å²) in [6, 6.07) is 22.8. The second-order valence-electron chi connectivity index (χ2n) is 7.24. The zero-order chi connectivity index (χ0) is 22.2. The first-order chi connectivity index (χ1) is 15.6. The van der Waals surface area contributed by atoms with E-state index in [1.165, 1.54) is 0 Å². The van der Waals surface area contributed by atoms with Crippen LogP contribution in [0.25, 0.3) is 0 Å². The van der Waals surface area contributed by atoms with Crippen LogP contribution in [-0.4, -0.2) is 31.0 Å². The molecule has 0 aliphatic carbocycles. The quantitative estimate of drug-likeness (QED) is 0.325. The molecule has 1 fully saturated rings. The molecule has 168 valence electrons. The summed E-state index contributed by atoms with van der Waals surface area (Å²) in [7, 11) is -3.82. The van der Waals surface area contributed by atoms with Crippen molar-refractivity contribution in [1.29, 1.82) is 0 Å². The number of hydrogen-bond acceptors (Lipinski definition) is 7. The number of anilines is 1. The maximum atomic E-state index is 13.4. The molecule has 7 nitrogen and oxygen atoms in total. The summed E-state index contributed by atoms with van der Waals surface area (Å²) >= 11 is 3.38. The highest BCUT2D eigenvalue weighted by atomic mass is 79.9. The lowest BCUT2D eigenvalue weighted by molar-refractivity contribution is 0.0401. The van der Waals surface area contributed by atoms with Gasteiger partial charge in [-0.3, -0.25) is 13.6 Å². The summed E-state index contributed by atoms with van der Waals surface area (Å²) in [4.78, 5) is 6.37. The van der Waals surface area contributed by atoms with Crippen LogP contribution in [0.3, 0.4) is 0 Å². The summed E-state index contributed by atoms with van der Waals surface area (Å²) in [6.45, 7) is 1.25. The largest absolute Gasteiger partial charge is 0.475 e. The average molecular weight is 519 g/mol. The fourth-order valence-corrected chi connectivity index (χ4v) is 4.53. The van der Waals surface area contributed by atoms with Crippen LogP contribution in [0.4, 0.5) is 5.82 Å². The van der Waals surface area contributed by atoms with Gasteiger partial charge in [0.2, 0.25) is 0 Å². The van der Waals surface area contributed by atoms with E-state index in [-0.39, 0.29) is 25.9 Å². The third kappa shape index (κ3) is 6.72. The van der Waals surface area contributed by atoms with Gasteiger partial charge in [-0.25, -0.2) is 9.55 Å². The zero-order valence-corrected chi connectivity index (χ0v) is 19.9. The second kappa shape index (κ2) is 11.2. The van der Waals surface area contributed by atoms with Crippen LogP contribution in [0.1, 0.15) is 11.1 Å². The number of rotatable bonds is 10. The highest BCUT2D eigenvalue weighted by Crippen LogP contribution is 2.51. The molecular formula is C23H24BrN2O5P. The molecule has 0 amide bonds. The number of phosphoric acid groups is 1. The lowest BCUT2D eigenvalue weighted by Crippen LogP contribution is -2.24. The molecule has 1 aliphatic heterocycles. The third-order valence-electron chi connectivity index (χ3n) is 4.81. The van der Waals surface area contributed by atoms with Crippen LogP contribution < -0.4 is 4.90 Å². The third-order valence-corrected chi connectivity index (χ3v) is 6.63. The average Bonchev–Trinajstić information content (AvgIpc) is 3.31. The van der Waals surface area contributed by atoms with Crippen molar-refractivity contribution in [3.63, 3.8) is 0 Å². The van der Waals surface area contributed by atoms with Crippen molar-refractivity contribution in [3.8, 4) is 0 Å². The summed E-state index contributed by atoms with van der Waals surface area (Å²) < 4.78 is 37.0. The van der Waals surface area contributed by atoms with Crippen LogP contribution in [0.15, 0.2) is 83.5 Å². The molecule has 0 radical (unpaired) electrons. The summed E-state index contributed by atoms with van der Waals surface area (Å²) in [6.07, 6.45) is 1.46. The SMILES string of the molecule is O=P(OCc1ccccc1)(OCc1ccccc1)OCC1CN(c2ccc(Br)cn2)CO1. The minimum absolute atomic E-state index is 0.0773. The van der Waals surface area contributed by atoms with Crippen LogP contribution >= 0.6 is 23.8 Å². The molecule has 0 bridgehead atoms. The summed E-state index contributed by atoms with van der Waals surface area (Å²) in [5, 5.41) is 0. The van der Waals surface area contributed by atoms with Crippen molar-refractivity contribution in [2.45, 2.75) is 19.3 Å². The van der Waals surface area contributed by atoms with Gasteiger partial charge in [0, 0.05) is 10.7 Å². The van der Waals surface area contributed by atoms with Gasteiger partial charge in [-0.05, 0) is 39.2 Å². The molecule has 0 saturated carbocycles. The molecule has 0 spiro atoms. The number of ether oxygens (including phenoxy) is 1. The maximum Gasteiger partial charge on any atom is 0.475 e. The van der Waals surface area contributed by atoms with Gasteiger partial charge < -0.3 is 9.64 Å². The lowest BCUT2D eigenvalue weighted by atomic mass is 10.2. The maximum absolute atomic E-state index is 13.4. The molecule has 1 saturated heterocycles. The van der Waals surface area contributed by atoms with Gasteiger partial charge in [-0.15, -0.1) is 0 Å². The van der Waals surface area contributed by atoms with E-state index in [0.29, 0.717) is 13.3 Å². The van der Waals surface area contributed by atoms with Crippen LogP contribution in [0.2, 0.25) is 0 Å². The molecule has 0 N–H and O–H groups in total. The Labute approximate surface area is 196 Å². The van der Waals surface area contributed by atoms with Gasteiger partial charge in [0.25, 0.3) is 0 Å². The molecule has 1 unspecified atom stereocenters. The van der Waals surface area contributed by atoms with Crippen molar-refractivity contribution in [2.24, 2.45) is 0 Å². The topological polar surface area (TPSA) is 70.1 Å². The minimum atomic E-state index is -3.82. The Morgan fingerprint density at radius 3 is 2.12 bits per heavy atom. The van der Waals surface area contributed by atoms with E-state index < -0.39 is 7.82 Å². The fourth-order valence-electron chi connectivity index (χ4n) is 3.10. The number of hydrogen-bond donors (Lipinski definition) is 0. The first-order valence-electron chi connectivity index (χ1n) is 10.2. The van der Waals surface area contributed by atoms with E-state index in [9.17, 15) is 4.57 Å². The van der Waals surface area contributed by atoms with Crippen LogP contribution in [0, 0.1) is 0 Å². The number of aromatic nitrogens is 1. The molecule has 4 rings (SSSR count). The molecule has 1 aliphatic rings. The van der Waals surface area contributed by atoms with E-state index in [1.54, 1.807) is 6.20 Å². The van der Waals surface area contributed by atoms with E-state index in [1.807, 2.05) is 77.7 Å². The summed E-state index contributed by atoms with van der Waals surface area (Å²) in [5.41, 5.74) is 1.76. The molecule has 32 heavy (non-hydrogen) atoms. The van der Waals surface area contributed by atoms with Crippen molar-refractivity contribution in [1.82, 2.24) is 4.98 Å². The normalized spacial score (nSPS) is 16.4. The summed E-state index contributed by atoms with van der Waals surface area (Å²) in [5.74, 6) is 0.805. The first kappa shape index (κ1) is 23.1. The predicted molar refractivity (Wildman–Crippen MR) is 125 cm³/mol. The Kier molecular flexibility index (Phi) is 8.08. The first-order valence-corrected chi connectivity index (χ1v) is 12.4. The lowest BCUT2D eigenvalue weighted by Gasteiger charge is -2.20. The Bertz CT molecular complexity index is 976. The Balaban J connectivity index is 1.35. The molecule has 1 aromatic heterocycles. The molecule has 9 heteroatoms. The predicted octanol–water partition coefficient (Wildman–Crippen LogP) is 5.57. The van der Waals surface area contributed by atoms with E-state index in [2.05, 4.69) is 20.9 Å². The van der Waals surface area contributed by atoms with Crippen molar-refractivity contribution in [3.05, 3.63) is 94.6 Å². The minimum Gasteiger partial charge on any atom is -0.354 e. The Morgan fingerprint density at radius 1 is 0.938 bits per heavy atom. The number of nitrogens with zero attached hydrogens (tertiary/aromatic N) is 2. The Morgan fingerprint density at radius 2 is 1.56 bits per heavy atom. The van der Waals surface area contributed by atoms with Gasteiger partial charge in [-0.1, -0.05) is 60.7 Å². The van der Waals surface area contributed by atoms with Gasteiger partial charge in [0.15, 0.2) is 0 Å². The van der Waals surface area contributed by atoms with Crippen LogP contribution in [-0.2, 0) is 36.1 Å². The highest BCUT2D eigenvalue weighted by Gasteiger charge is 2.32. The fraction of sp³-hybridized carbons (Fsp3) is 0.261. The van der Waals surface area contributed by atoms with Gasteiger partial charge >= 0.3 is 7.82 Å². The highest BCUT2D eigenvalue weighted by molar-refractivity contribution is 9.10. The van der Waals surface area contributed by atoms with Crippen molar-refractivity contribution in [2.75, 3.05) is 24.8 Å². The van der Waals surface area contributed by atoms with E-state index >= 15 is 0 Å². The van der Waals surface area contributed by atoms with Gasteiger partial charge in [-0.2, -0.15) is 0 Å². The van der Waals surface area contributed by atoms with Crippen LogP contribution in [0.5, 0.6) is 0 Å². The number of halogens is 1. The van der Waals surface area contributed by atoms with E-state index in [0.717, 1.165) is 21.4 Å². The standard InChI is InChI=1S/C23H24BrN2O5P/c24-21-11-12-23(25-13-21)26-14-22(28-18-26)17-31-32(27,29-15-19-7-3-1-4-8-19)30-16-20-9-5-2-6-10-20/h1-13,22H,14-18H2. The Hall–Kier alpha value is -2.06. The van der Waals surface area contributed by atoms with E-state index in [4.69, 9.17) is 18.3 Å². The smallest absolute Gasteiger partial charge is 0.354 e. The molecule has 2 aromatic carbocycles. The molecule has 1 atom stereocenters. The van der Waals surface area contributed by atoms with Gasteiger partial charge in [0.05, 0.1) is 26.4 Å². The number of pyridine rings is 1. The van der Waals surface area contributed by atoms with Gasteiger partial charge in [0.1, 0.15) is 18.7 Å². The number of phosphoric ester groups is 1. The zero-order valence-electron chi connectivity index (χ0n) is 17.4.